The molecule has 2 rings (SSSR count). The van der Waals surface area contributed by atoms with E-state index in [1.807, 2.05) is 0 Å². The molecule has 0 saturated carbocycles. The summed E-state index contributed by atoms with van der Waals surface area (Å²) in [6, 6.07) is 11.2. The van der Waals surface area contributed by atoms with Gasteiger partial charge in [-0.25, -0.2) is 4.39 Å². The van der Waals surface area contributed by atoms with Crippen LogP contribution in [0.1, 0.15) is 11.1 Å². The first kappa shape index (κ1) is 12.9. The van der Waals surface area contributed by atoms with Crippen LogP contribution in [0.4, 0.5) is 4.39 Å². The lowest BCUT2D eigenvalue weighted by molar-refractivity contribution is 0.280. The Bertz CT molecular complexity index is 526. The molecule has 0 aliphatic heterocycles. The summed E-state index contributed by atoms with van der Waals surface area (Å²) in [5, 5.41) is 9.38. The Morgan fingerprint density at radius 3 is 2.50 bits per heavy atom. The minimum absolute atomic E-state index is 0.00396. The van der Waals surface area contributed by atoms with Gasteiger partial charge in [-0.15, -0.1) is 0 Å². The number of aliphatic hydroxyl groups is 1. The maximum absolute atomic E-state index is 13.0. The Labute approximate surface area is 110 Å². The quantitative estimate of drug-likeness (QED) is 0.917. The van der Waals surface area contributed by atoms with Crippen molar-refractivity contribution in [2.75, 3.05) is 0 Å². The van der Waals surface area contributed by atoms with Gasteiger partial charge in [-0.3, -0.25) is 0 Å². The summed E-state index contributed by atoms with van der Waals surface area (Å²) < 4.78 is 18.5. The molecule has 4 heteroatoms. The highest BCUT2D eigenvalue weighted by atomic mass is 35.5. The van der Waals surface area contributed by atoms with Gasteiger partial charge >= 0.3 is 0 Å². The number of aliphatic hydroxyl groups excluding tert-OH is 1. The first-order valence-electron chi connectivity index (χ1n) is 5.45. The van der Waals surface area contributed by atoms with Gasteiger partial charge in [0, 0.05) is 10.6 Å². The fourth-order valence-electron chi connectivity index (χ4n) is 1.51. The van der Waals surface area contributed by atoms with Crippen molar-refractivity contribution in [3.8, 4) is 5.75 Å². The molecule has 0 amide bonds. The number of hydrogen-bond donors (Lipinski definition) is 1. The van der Waals surface area contributed by atoms with Crippen molar-refractivity contribution in [3.63, 3.8) is 0 Å². The van der Waals surface area contributed by atoms with Crippen molar-refractivity contribution in [1.29, 1.82) is 0 Å². The lowest BCUT2D eigenvalue weighted by atomic mass is 10.2. The summed E-state index contributed by atoms with van der Waals surface area (Å²) in [5.74, 6) is 0.307. The lowest BCUT2D eigenvalue weighted by Crippen LogP contribution is -1.97. The van der Waals surface area contributed by atoms with Crippen molar-refractivity contribution in [3.05, 3.63) is 64.4 Å². The number of hydrogen-bond acceptors (Lipinski definition) is 2. The van der Waals surface area contributed by atoms with Gasteiger partial charge < -0.3 is 9.84 Å². The second kappa shape index (κ2) is 5.85. The van der Waals surface area contributed by atoms with E-state index in [0.717, 1.165) is 5.56 Å². The Morgan fingerprint density at radius 1 is 1.11 bits per heavy atom. The molecule has 0 aromatic heterocycles. The molecule has 94 valence electrons. The molecule has 18 heavy (non-hydrogen) atoms. The second-order valence-corrected chi connectivity index (χ2v) is 4.23. The Hall–Kier alpha value is -1.58. The van der Waals surface area contributed by atoms with E-state index in [1.165, 1.54) is 18.2 Å². The van der Waals surface area contributed by atoms with Crippen LogP contribution in [0.5, 0.6) is 5.75 Å². The highest BCUT2D eigenvalue weighted by Gasteiger charge is 2.03. The van der Waals surface area contributed by atoms with E-state index in [-0.39, 0.29) is 19.0 Å². The average molecular weight is 267 g/mol. The summed E-state index contributed by atoms with van der Waals surface area (Å²) in [6.45, 7) is 0.199. The van der Waals surface area contributed by atoms with Gasteiger partial charge in [0.05, 0.1) is 6.61 Å². The molecule has 2 aromatic carbocycles. The standard InChI is InChI=1S/C14H12ClFO2/c15-14-6-3-12(16)7-11(14)9-18-13-4-1-10(8-17)2-5-13/h1-7,17H,8-9H2. The van der Waals surface area contributed by atoms with E-state index < -0.39 is 0 Å². The van der Waals surface area contributed by atoms with Crippen LogP contribution < -0.4 is 4.74 Å². The van der Waals surface area contributed by atoms with Crippen LogP contribution in [-0.4, -0.2) is 5.11 Å². The fraction of sp³-hybridized carbons (Fsp3) is 0.143. The molecule has 0 unspecified atom stereocenters. The molecule has 0 bridgehead atoms. The number of rotatable bonds is 4. The first-order chi connectivity index (χ1) is 8.69. The Kier molecular flexibility index (Phi) is 4.18. The van der Waals surface area contributed by atoms with E-state index in [0.29, 0.717) is 16.3 Å². The molecule has 0 radical (unpaired) electrons. The maximum Gasteiger partial charge on any atom is 0.123 e. The number of benzene rings is 2. The van der Waals surface area contributed by atoms with Crippen LogP contribution >= 0.6 is 11.6 Å². The molecule has 0 saturated heterocycles. The molecular weight excluding hydrogens is 255 g/mol. The topological polar surface area (TPSA) is 29.5 Å². The third-order valence-electron chi connectivity index (χ3n) is 2.51. The molecule has 0 aliphatic rings. The van der Waals surface area contributed by atoms with E-state index in [4.69, 9.17) is 21.4 Å². The largest absolute Gasteiger partial charge is 0.489 e. The van der Waals surface area contributed by atoms with Crippen LogP contribution in [0, 0.1) is 5.82 Å². The highest BCUT2D eigenvalue weighted by molar-refractivity contribution is 6.31. The van der Waals surface area contributed by atoms with Crippen molar-refractivity contribution < 1.29 is 14.2 Å². The lowest BCUT2D eigenvalue weighted by Gasteiger charge is -2.08. The van der Waals surface area contributed by atoms with E-state index >= 15 is 0 Å². The van der Waals surface area contributed by atoms with Crippen molar-refractivity contribution >= 4 is 11.6 Å². The number of halogens is 2. The Balaban J connectivity index is 2.04. The van der Waals surface area contributed by atoms with E-state index in [9.17, 15) is 4.39 Å². The predicted molar refractivity (Wildman–Crippen MR) is 68.1 cm³/mol. The van der Waals surface area contributed by atoms with Gasteiger partial charge in [-0.05, 0) is 35.9 Å². The Morgan fingerprint density at radius 2 is 1.83 bits per heavy atom. The highest BCUT2D eigenvalue weighted by Crippen LogP contribution is 2.20. The van der Waals surface area contributed by atoms with Crippen molar-refractivity contribution in [2.24, 2.45) is 0 Å². The van der Waals surface area contributed by atoms with Gasteiger partial charge in [0.25, 0.3) is 0 Å². The second-order valence-electron chi connectivity index (χ2n) is 3.83. The molecule has 2 aromatic rings. The van der Waals surface area contributed by atoms with Crippen molar-refractivity contribution in [1.82, 2.24) is 0 Å². The van der Waals surface area contributed by atoms with Crippen LogP contribution in [-0.2, 0) is 13.2 Å². The van der Waals surface area contributed by atoms with Gasteiger partial charge in [0.1, 0.15) is 18.2 Å². The first-order valence-corrected chi connectivity index (χ1v) is 5.83. The minimum Gasteiger partial charge on any atom is -0.489 e. The van der Waals surface area contributed by atoms with Gasteiger partial charge in [-0.1, -0.05) is 23.7 Å². The van der Waals surface area contributed by atoms with E-state index in [1.54, 1.807) is 24.3 Å². The molecule has 0 atom stereocenters. The van der Waals surface area contributed by atoms with Crippen molar-refractivity contribution in [2.45, 2.75) is 13.2 Å². The zero-order valence-electron chi connectivity index (χ0n) is 9.57. The maximum atomic E-state index is 13.0. The zero-order chi connectivity index (χ0) is 13.0. The van der Waals surface area contributed by atoms with Gasteiger partial charge in [0.2, 0.25) is 0 Å². The summed E-state index contributed by atoms with van der Waals surface area (Å²) in [4.78, 5) is 0. The third kappa shape index (κ3) is 3.22. The smallest absolute Gasteiger partial charge is 0.123 e. The average Bonchev–Trinajstić information content (AvgIpc) is 2.40. The van der Waals surface area contributed by atoms with Gasteiger partial charge in [-0.2, -0.15) is 0 Å². The molecule has 0 spiro atoms. The van der Waals surface area contributed by atoms with Crippen LogP contribution in [0.15, 0.2) is 42.5 Å². The molecular formula is C14H12ClFO2. The molecule has 0 fully saturated rings. The van der Waals surface area contributed by atoms with Crippen LogP contribution in [0.25, 0.3) is 0 Å². The SMILES string of the molecule is OCc1ccc(OCc2cc(F)ccc2Cl)cc1. The molecule has 1 N–H and O–H groups in total. The molecule has 2 nitrogen and oxygen atoms in total. The normalized spacial score (nSPS) is 10.4. The summed E-state index contributed by atoms with van der Waals surface area (Å²) in [7, 11) is 0. The van der Waals surface area contributed by atoms with Crippen LogP contribution in [0.2, 0.25) is 5.02 Å². The molecule has 0 aliphatic carbocycles. The summed E-state index contributed by atoms with van der Waals surface area (Å²) in [6.07, 6.45) is 0. The summed E-state index contributed by atoms with van der Waals surface area (Å²) in [5.41, 5.74) is 1.41. The third-order valence-corrected chi connectivity index (χ3v) is 2.88. The fourth-order valence-corrected chi connectivity index (χ4v) is 1.68. The zero-order valence-corrected chi connectivity index (χ0v) is 10.3. The minimum atomic E-state index is -0.339. The molecule has 0 heterocycles. The predicted octanol–water partition coefficient (Wildman–Crippen LogP) is 3.55. The number of ether oxygens (including phenoxy) is 1. The monoisotopic (exact) mass is 266 g/mol. The van der Waals surface area contributed by atoms with Gasteiger partial charge in [0.15, 0.2) is 0 Å². The van der Waals surface area contributed by atoms with Crippen LogP contribution in [0.3, 0.4) is 0 Å². The van der Waals surface area contributed by atoms with E-state index in [2.05, 4.69) is 0 Å². The summed E-state index contributed by atoms with van der Waals surface area (Å²) >= 11 is 5.93.